The van der Waals surface area contributed by atoms with Crippen LogP contribution in [0.4, 0.5) is 0 Å². The predicted octanol–water partition coefficient (Wildman–Crippen LogP) is 3.48. The number of hydrogen-bond acceptors (Lipinski definition) is 2. The molecule has 1 rings (SSSR count). The molecule has 1 atom stereocenters. The van der Waals surface area contributed by atoms with Crippen molar-refractivity contribution in [3.05, 3.63) is 28.2 Å². The average molecular weight is 322 g/mol. The second kappa shape index (κ2) is 4.94. The Morgan fingerprint density at radius 1 is 1.50 bits per heavy atom. The molecule has 0 aliphatic rings. The number of halogens is 2. The molecule has 0 aromatic heterocycles. The number of carbonyl (C=O) groups is 1. The van der Waals surface area contributed by atoms with Crippen molar-refractivity contribution in [1.82, 2.24) is 0 Å². The summed E-state index contributed by atoms with van der Waals surface area (Å²) in [5, 5.41) is 0. The quantitative estimate of drug-likeness (QED) is 0.797. The molecule has 2 nitrogen and oxygen atoms in total. The maximum Gasteiger partial charge on any atom is 0.148 e. The Labute approximate surface area is 99.9 Å². The van der Waals surface area contributed by atoms with E-state index in [0.29, 0.717) is 5.75 Å². The molecule has 0 aliphatic heterocycles. The van der Waals surface area contributed by atoms with Crippen molar-refractivity contribution in [2.75, 3.05) is 7.11 Å². The zero-order valence-electron chi connectivity index (χ0n) is 7.88. The fourth-order valence-corrected chi connectivity index (χ4v) is 2.50. The van der Waals surface area contributed by atoms with Gasteiger partial charge in [0.15, 0.2) is 0 Å². The van der Waals surface area contributed by atoms with Crippen LogP contribution in [0.25, 0.3) is 0 Å². The van der Waals surface area contributed by atoms with Gasteiger partial charge in [-0.05, 0) is 19.1 Å². The number of hydrogen-bond donors (Lipinski definition) is 0. The van der Waals surface area contributed by atoms with Gasteiger partial charge in [0, 0.05) is 10.0 Å². The SMILES string of the molecule is COc1cccc(Br)c1C(Br)C(C)=O. The van der Waals surface area contributed by atoms with Crippen LogP contribution in [0.1, 0.15) is 17.3 Å². The smallest absolute Gasteiger partial charge is 0.148 e. The molecule has 0 amide bonds. The normalized spacial score (nSPS) is 12.3. The van der Waals surface area contributed by atoms with Crippen LogP contribution < -0.4 is 4.74 Å². The van der Waals surface area contributed by atoms with E-state index >= 15 is 0 Å². The van der Waals surface area contributed by atoms with Gasteiger partial charge in [-0.2, -0.15) is 0 Å². The van der Waals surface area contributed by atoms with Gasteiger partial charge in [0.1, 0.15) is 16.4 Å². The molecule has 0 bridgehead atoms. The van der Waals surface area contributed by atoms with Gasteiger partial charge in [0.25, 0.3) is 0 Å². The third-order valence-electron chi connectivity index (χ3n) is 1.84. The van der Waals surface area contributed by atoms with Crippen molar-refractivity contribution in [3.63, 3.8) is 0 Å². The minimum absolute atomic E-state index is 0.0511. The summed E-state index contributed by atoms with van der Waals surface area (Å²) in [4.78, 5) is 10.9. The lowest BCUT2D eigenvalue weighted by molar-refractivity contribution is -0.116. The van der Waals surface area contributed by atoms with Gasteiger partial charge in [0.05, 0.1) is 7.11 Å². The van der Waals surface area contributed by atoms with Crippen LogP contribution in [-0.2, 0) is 4.79 Å². The Kier molecular flexibility index (Phi) is 4.13. The Hall–Kier alpha value is -0.350. The lowest BCUT2D eigenvalue weighted by Crippen LogP contribution is -2.04. The molecule has 0 spiro atoms. The van der Waals surface area contributed by atoms with Crippen molar-refractivity contribution in [1.29, 1.82) is 0 Å². The second-order valence-electron chi connectivity index (χ2n) is 2.83. The molecular weight excluding hydrogens is 312 g/mol. The Balaban J connectivity index is 3.23. The van der Waals surface area contributed by atoms with Crippen LogP contribution in [0.3, 0.4) is 0 Å². The molecule has 0 fully saturated rings. The van der Waals surface area contributed by atoms with E-state index in [1.54, 1.807) is 7.11 Å². The standard InChI is InChI=1S/C10H10Br2O2/c1-6(13)10(12)9-7(11)4-3-5-8(9)14-2/h3-5,10H,1-2H3. The summed E-state index contributed by atoms with van der Waals surface area (Å²) in [7, 11) is 1.59. The predicted molar refractivity (Wildman–Crippen MR) is 63.0 cm³/mol. The molecule has 1 aromatic rings. The van der Waals surface area contributed by atoms with E-state index in [-0.39, 0.29) is 10.6 Å². The van der Waals surface area contributed by atoms with Crippen LogP contribution in [0.15, 0.2) is 22.7 Å². The van der Waals surface area contributed by atoms with Gasteiger partial charge in [-0.1, -0.05) is 37.9 Å². The van der Waals surface area contributed by atoms with Crippen molar-refractivity contribution < 1.29 is 9.53 Å². The van der Waals surface area contributed by atoms with Crippen LogP contribution in [0.2, 0.25) is 0 Å². The number of carbonyl (C=O) groups excluding carboxylic acids is 1. The summed E-state index contributed by atoms with van der Waals surface area (Å²) in [6.07, 6.45) is 0. The molecule has 1 unspecified atom stereocenters. The van der Waals surface area contributed by atoms with Gasteiger partial charge in [-0.15, -0.1) is 0 Å². The first-order valence-electron chi connectivity index (χ1n) is 4.05. The van der Waals surface area contributed by atoms with E-state index in [9.17, 15) is 4.79 Å². The lowest BCUT2D eigenvalue weighted by Gasteiger charge is -2.13. The van der Waals surface area contributed by atoms with E-state index in [4.69, 9.17) is 4.74 Å². The van der Waals surface area contributed by atoms with Crippen LogP contribution in [0, 0.1) is 0 Å². The molecule has 0 radical (unpaired) electrons. The third-order valence-corrected chi connectivity index (χ3v) is 3.64. The summed E-state index contributed by atoms with van der Waals surface area (Å²) < 4.78 is 6.05. The van der Waals surface area contributed by atoms with Crippen molar-refractivity contribution in [3.8, 4) is 5.75 Å². The topological polar surface area (TPSA) is 26.3 Å². The number of Topliss-reactive ketones (excluding diaryl/α,β-unsaturated/α-hetero) is 1. The number of rotatable bonds is 3. The highest BCUT2D eigenvalue weighted by molar-refractivity contribution is 9.11. The summed E-state index contributed by atoms with van der Waals surface area (Å²) >= 11 is 6.73. The highest BCUT2D eigenvalue weighted by Crippen LogP contribution is 2.37. The zero-order chi connectivity index (χ0) is 10.7. The minimum atomic E-state index is -0.326. The molecule has 0 saturated heterocycles. The number of alkyl halides is 1. The molecule has 14 heavy (non-hydrogen) atoms. The highest BCUT2D eigenvalue weighted by Gasteiger charge is 2.19. The largest absolute Gasteiger partial charge is 0.496 e. The van der Waals surface area contributed by atoms with Crippen molar-refractivity contribution in [2.24, 2.45) is 0 Å². The molecule has 0 aliphatic carbocycles. The number of ether oxygens (including phenoxy) is 1. The molecule has 4 heteroatoms. The van der Waals surface area contributed by atoms with E-state index in [2.05, 4.69) is 31.9 Å². The van der Waals surface area contributed by atoms with Gasteiger partial charge < -0.3 is 4.74 Å². The highest BCUT2D eigenvalue weighted by atomic mass is 79.9. The van der Waals surface area contributed by atoms with Crippen molar-refractivity contribution >= 4 is 37.6 Å². The van der Waals surface area contributed by atoms with Gasteiger partial charge in [-0.3, -0.25) is 4.79 Å². The maximum absolute atomic E-state index is 11.2. The van der Waals surface area contributed by atoms with Crippen molar-refractivity contribution in [2.45, 2.75) is 11.8 Å². The number of methoxy groups -OCH3 is 1. The Morgan fingerprint density at radius 2 is 2.14 bits per heavy atom. The average Bonchev–Trinajstić information content (AvgIpc) is 2.16. The molecule has 76 valence electrons. The second-order valence-corrected chi connectivity index (χ2v) is 4.60. The van der Waals surface area contributed by atoms with E-state index in [1.807, 2.05) is 18.2 Å². The monoisotopic (exact) mass is 320 g/mol. The summed E-state index contributed by atoms with van der Waals surface area (Å²) in [5.74, 6) is 0.756. The molecule has 0 saturated carbocycles. The summed E-state index contributed by atoms with van der Waals surface area (Å²) in [6, 6.07) is 5.58. The number of ketones is 1. The molecule has 0 N–H and O–H groups in total. The van der Waals surface area contributed by atoms with Crippen LogP contribution in [-0.4, -0.2) is 12.9 Å². The van der Waals surface area contributed by atoms with Crippen LogP contribution >= 0.6 is 31.9 Å². The zero-order valence-corrected chi connectivity index (χ0v) is 11.1. The van der Waals surface area contributed by atoms with Gasteiger partial charge in [0.2, 0.25) is 0 Å². The van der Waals surface area contributed by atoms with Gasteiger partial charge in [-0.25, -0.2) is 0 Å². The molecule has 1 aromatic carbocycles. The maximum atomic E-state index is 11.2. The minimum Gasteiger partial charge on any atom is -0.496 e. The lowest BCUT2D eigenvalue weighted by atomic mass is 10.1. The van der Waals surface area contributed by atoms with Gasteiger partial charge >= 0.3 is 0 Å². The van der Waals surface area contributed by atoms with E-state index < -0.39 is 0 Å². The molecular formula is C10H10Br2O2. The fourth-order valence-electron chi connectivity index (χ4n) is 1.14. The summed E-state index contributed by atoms with van der Waals surface area (Å²) in [6.45, 7) is 1.54. The first-order valence-corrected chi connectivity index (χ1v) is 5.75. The first-order chi connectivity index (χ1) is 6.57. The Morgan fingerprint density at radius 3 is 2.64 bits per heavy atom. The third kappa shape index (κ3) is 2.36. The Bertz CT molecular complexity index is 350. The van der Waals surface area contributed by atoms with Crippen LogP contribution in [0.5, 0.6) is 5.75 Å². The van der Waals surface area contributed by atoms with E-state index in [0.717, 1.165) is 10.0 Å². The van der Waals surface area contributed by atoms with E-state index in [1.165, 1.54) is 6.92 Å². The number of benzene rings is 1. The first kappa shape index (κ1) is 11.7. The summed E-state index contributed by atoms with van der Waals surface area (Å²) in [5.41, 5.74) is 0.836. The fraction of sp³-hybridized carbons (Fsp3) is 0.300. The molecule has 0 heterocycles.